The fourth-order valence-electron chi connectivity index (χ4n) is 2.75. The Morgan fingerprint density at radius 3 is 2.35 bits per heavy atom. The zero-order valence-corrected chi connectivity index (χ0v) is 14.7. The molecule has 0 aromatic carbocycles. The number of likely N-dealkylation sites (tertiary alicyclic amines) is 1. The van der Waals surface area contributed by atoms with E-state index in [1.165, 1.54) is 19.3 Å². The number of thiophene rings is 2. The Bertz CT molecular complexity index is 554. The van der Waals surface area contributed by atoms with Crippen LogP contribution in [0.25, 0.3) is 0 Å². The van der Waals surface area contributed by atoms with Crippen LogP contribution in [-0.2, 0) is 4.84 Å². The molecule has 1 aliphatic rings. The summed E-state index contributed by atoms with van der Waals surface area (Å²) < 4.78 is 0. The minimum Gasteiger partial charge on any atom is -0.392 e. The summed E-state index contributed by atoms with van der Waals surface area (Å²) in [6.45, 7) is 3.06. The van der Waals surface area contributed by atoms with Crippen LogP contribution in [-0.4, -0.2) is 48.1 Å². The third-order valence-corrected chi connectivity index (χ3v) is 5.30. The van der Waals surface area contributed by atoms with Gasteiger partial charge in [-0.2, -0.15) is 22.7 Å². The molecule has 2 aromatic rings. The van der Waals surface area contributed by atoms with Gasteiger partial charge in [-0.1, -0.05) is 11.6 Å². The van der Waals surface area contributed by atoms with E-state index in [0.717, 1.165) is 29.9 Å². The fraction of sp³-hybridized carbons (Fsp3) is 0.471. The lowest BCUT2D eigenvalue weighted by Gasteiger charge is -2.28. The number of β-amino-alcohol motifs (C(OH)–C–C–N with tert-alkyl or cyclic N) is 1. The van der Waals surface area contributed by atoms with Gasteiger partial charge in [-0.25, -0.2) is 0 Å². The monoisotopic (exact) mass is 350 g/mol. The topological polar surface area (TPSA) is 45.1 Å². The second-order valence-corrected chi connectivity index (χ2v) is 7.33. The number of aliphatic hydroxyl groups excluding tert-OH is 1. The van der Waals surface area contributed by atoms with Gasteiger partial charge in [0.25, 0.3) is 0 Å². The molecule has 1 N–H and O–H groups in total. The maximum atomic E-state index is 10.1. The van der Waals surface area contributed by atoms with Gasteiger partial charge in [0.15, 0.2) is 0 Å². The summed E-state index contributed by atoms with van der Waals surface area (Å²) in [5.74, 6) is 0. The van der Waals surface area contributed by atoms with Crippen LogP contribution >= 0.6 is 22.7 Å². The molecule has 0 amide bonds. The summed E-state index contributed by atoms with van der Waals surface area (Å²) in [6.07, 6.45) is 3.26. The molecule has 4 nitrogen and oxygen atoms in total. The first-order valence-corrected chi connectivity index (χ1v) is 9.87. The number of piperidine rings is 1. The predicted molar refractivity (Wildman–Crippen MR) is 96.5 cm³/mol. The molecule has 1 fully saturated rings. The summed E-state index contributed by atoms with van der Waals surface area (Å²) in [4.78, 5) is 7.77. The van der Waals surface area contributed by atoms with E-state index in [4.69, 9.17) is 4.84 Å². The molecule has 1 atom stereocenters. The Balaban J connectivity index is 1.56. The number of aliphatic hydroxyl groups is 1. The van der Waals surface area contributed by atoms with Gasteiger partial charge in [0, 0.05) is 28.4 Å². The number of nitrogens with zero attached hydrogens (tertiary/aromatic N) is 2. The molecule has 1 aliphatic heterocycles. The molecule has 3 rings (SSSR count). The minimum absolute atomic E-state index is 0.230. The third kappa shape index (κ3) is 4.88. The highest BCUT2D eigenvalue weighted by Crippen LogP contribution is 2.17. The first-order valence-electron chi connectivity index (χ1n) is 7.98. The molecule has 124 valence electrons. The molecule has 0 bridgehead atoms. The van der Waals surface area contributed by atoms with E-state index in [2.05, 4.69) is 20.8 Å². The van der Waals surface area contributed by atoms with Crippen LogP contribution in [0.2, 0.25) is 0 Å². The van der Waals surface area contributed by atoms with Gasteiger partial charge in [0.2, 0.25) is 0 Å². The Morgan fingerprint density at radius 1 is 1.13 bits per heavy atom. The summed E-state index contributed by atoms with van der Waals surface area (Å²) in [6, 6.07) is 4.07. The average molecular weight is 351 g/mol. The Kier molecular flexibility index (Phi) is 6.21. The summed E-state index contributed by atoms with van der Waals surface area (Å²) >= 11 is 3.28. The lowest BCUT2D eigenvalue weighted by Crippen LogP contribution is -2.38. The third-order valence-electron chi connectivity index (χ3n) is 3.93. The van der Waals surface area contributed by atoms with E-state index in [0.29, 0.717) is 6.54 Å². The maximum absolute atomic E-state index is 10.1. The van der Waals surface area contributed by atoms with E-state index in [1.807, 2.05) is 22.9 Å². The van der Waals surface area contributed by atoms with E-state index in [9.17, 15) is 5.11 Å². The Morgan fingerprint density at radius 2 is 1.78 bits per heavy atom. The molecular weight excluding hydrogens is 328 g/mol. The zero-order chi connectivity index (χ0) is 15.9. The largest absolute Gasteiger partial charge is 0.392 e. The fourth-order valence-corrected chi connectivity index (χ4v) is 4.03. The minimum atomic E-state index is -0.497. The second kappa shape index (κ2) is 8.59. The van der Waals surface area contributed by atoms with Gasteiger partial charge >= 0.3 is 0 Å². The van der Waals surface area contributed by atoms with Crippen LogP contribution < -0.4 is 0 Å². The van der Waals surface area contributed by atoms with Crippen molar-refractivity contribution < 1.29 is 9.94 Å². The molecule has 1 unspecified atom stereocenters. The highest BCUT2D eigenvalue weighted by molar-refractivity contribution is 7.08. The normalized spacial score (nSPS) is 16.9. The number of hydrogen-bond acceptors (Lipinski definition) is 6. The van der Waals surface area contributed by atoms with Crippen molar-refractivity contribution in [3.63, 3.8) is 0 Å². The molecule has 0 aliphatic carbocycles. The number of hydrogen-bond donors (Lipinski definition) is 1. The van der Waals surface area contributed by atoms with Crippen LogP contribution in [0.3, 0.4) is 0 Å². The molecule has 3 heterocycles. The van der Waals surface area contributed by atoms with Crippen LogP contribution in [0.5, 0.6) is 0 Å². The maximum Gasteiger partial charge on any atom is 0.144 e. The van der Waals surface area contributed by atoms with E-state index < -0.39 is 6.10 Å². The smallest absolute Gasteiger partial charge is 0.144 e. The van der Waals surface area contributed by atoms with Crippen molar-refractivity contribution in [2.45, 2.75) is 25.4 Å². The molecule has 1 saturated heterocycles. The van der Waals surface area contributed by atoms with Crippen molar-refractivity contribution in [2.24, 2.45) is 5.16 Å². The molecular formula is C17H22N2O2S2. The first-order chi connectivity index (χ1) is 11.3. The van der Waals surface area contributed by atoms with Crippen LogP contribution in [0.4, 0.5) is 0 Å². The Labute approximate surface area is 145 Å². The van der Waals surface area contributed by atoms with Gasteiger partial charge < -0.3 is 14.8 Å². The number of oxime groups is 1. The lowest BCUT2D eigenvalue weighted by atomic mass is 10.1. The standard InChI is InChI=1S/C17H22N2O2S2/c20-16(10-19-6-2-1-3-7-19)11-21-18-17(14-4-8-22-12-14)15-5-9-23-13-15/h4-5,8-9,12-13,16,20H,1-3,6-7,10-11H2. The van der Waals surface area contributed by atoms with Crippen molar-refractivity contribution in [2.75, 3.05) is 26.2 Å². The molecule has 0 saturated carbocycles. The molecule has 6 heteroatoms. The van der Waals surface area contributed by atoms with Crippen LogP contribution in [0.15, 0.2) is 38.8 Å². The van der Waals surface area contributed by atoms with Gasteiger partial charge in [-0.3, -0.25) is 0 Å². The second-order valence-electron chi connectivity index (χ2n) is 5.77. The predicted octanol–water partition coefficient (Wildman–Crippen LogP) is 3.43. The van der Waals surface area contributed by atoms with Gasteiger partial charge in [-0.05, 0) is 48.8 Å². The lowest BCUT2D eigenvalue weighted by molar-refractivity contribution is 0.0159. The van der Waals surface area contributed by atoms with Crippen molar-refractivity contribution in [3.05, 3.63) is 44.8 Å². The van der Waals surface area contributed by atoms with Crippen LogP contribution in [0.1, 0.15) is 30.4 Å². The van der Waals surface area contributed by atoms with Crippen LogP contribution in [0, 0.1) is 0 Å². The zero-order valence-electron chi connectivity index (χ0n) is 13.1. The highest BCUT2D eigenvalue weighted by Gasteiger charge is 2.15. The number of rotatable bonds is 7. The quantitative estimate of drug-likeness (QED) is 0.615. The van der Waals surface area contributed by atoms with E-state index >= 15 is 0 Å². The molecule has 0 radical (unpaired) electrons. The molecule has 2 aromatic heterocycles. The summed E-state index contributed by atoms with van der Waals surface area (Å²) in [5.41, 5.74) is 2.94. The SMILES string of the molecule is OC(CON=C(c1ccsc1)c1ccsc1)CN1CCCCC1. The molecule has 0 spiro atoms. The van der Waals surface area contributed by atoms with Gasteiger partial charge in [-0.15, -0.1) is 0 Å². The average Bonchev–Trinajstić information content (AvgIpc) is 3.26. The van der Waals surface area contributed by atoms with Crippen molar-refractivity contribution >= 4 is 28.4 Å². The highest BCUT2D eigenvalue weighted by atomic mass is 32.1. The summed E-state index contributed by atoms with van der Waals surface area (Å²) in [5, 5.41) is 22.6. The van der Waals surface area contributed by atoms with Crippen molar-refractivity contribution in [1.82, 2.24) is 4.90 Å². The Hall–Kier alpha value is -1.21. The van der Waals surface area contributed by atoms with E-state index in [1.54, 1.807) is 22.7 Å². The first kappa shape index (κ1) is 16.6. The van der Waals surface area contributed by atoms with E-state index in [-0.39, 0.29) is 6.61 Å². The van der Waals surface area contributed by atoms with Gasteiger partial charge in [0.1, 0.15) is 18.4 Å². The van der Waals surface area contributed by atoms with Crippen molar-refractivity contribution in [1.29, 1.82) is 0 Å². The van der Waals surface area contributed by atoms with Gasteiger partial charge in [0.05, 0.1) is 0 Å². The van der Waals surface area contributed by atoms with Crippen molar-refractivity contribution in [3.8, 4) is 0 Å². The summed E-state index contributed by atoms with van der Waals surface area (Å²) in [7, 11) is 0. The molecule has 23 heavy (non-hydrogen) atoms.